The van der Waals surface area contributed by atoms with Crippen LogP contribution in [0.3, 0.4) is 0 Å². The van der Waals surface area contributed by atoms with E-state index in [1.54, 1.807) is 20.8 Å². The number of amides is 3. The summed E-state index contributed by atoms with van der Waals surface area (Å²) in [5, 5.41) is 11.4. The number of carbonyl (C=O) groups excluding carboxylic acids is 3. The van der Waals surface area contributed by atoms with Crippen molar-refractivity contribution in [2.24, 2.45) is 0 Å². The molecule has 0 radical (unpaired) electrons. The Balaban J connectivity index is 2.40. The highest BCUT2D eigenvalue weighted by molar-refractivity contribution is 9.12. The minimum atomic E-state index is -1.17. The van der Waals surface area contributed by atoms with E-state index in [-0.39, 0.29) is 17.4 Å². The van der Waals surface area contributed by atoms with Gasteiger partial charge in [0.1, 0.15) is 11.6 Å². The predicted octanol–water partition coefficient (Wildman–Crippen LogP) is 1.78. The Morgan fingerprint density at radius 3 is 2.42 bits per heavy atom. The first-order chi connectivity index (χ1) is 11.0. The second kappa shape index (κ2) is 8.27. The van der Waals surface area contributed by atoms with Gasteiger partial charge >= 0.3 is 12.1 Å². The molecule has 1 heterocycles. The van der Waals surface area contributed by atoms with Gasteiger partial charge in [-0.05, 0) is 56.0 Å². The Morgan fingerprint density at radius 1 is 1.33 bits per heavy atom. The molecule has 0 aromatic heterocycles. The van der Waals surface area contributed by atoms with Crippen LogP contribution in [-0.4, -0.2) is 52.1 Å². The predicted molar refractivity (Wildman–Crippen MR) is 88.4 cm³/mol. The lowest BCUT2D eigenvalue weighted by molar-refractivity contribution is -0.140. The van der Waals surface area contributed by atoms with Crippen molar-refractivity contribution in [3.63, 3.8) is 0 Å². The molecule has 0 spiro atoms. The topological polar surface area (TPSA) is 113 Å². The molecule has 0 saturated carbocycles. The molecule has 134 valence electrons. The first-order valence-corrected chi connectivity index (χ1v) is 8.26. The van der Waals surface area contributed by atoms with E-state index >= 15 is 0 Å². The zero-order valence-electron chi connectivity index (χ0n) is 13.8. The van der Waals surface area contributed by atoms with Crippen molar-refractivity contribution in [1.82, 2.24) is 10.2 Å². The monoisotopic (exact) mass is 404 g/mol. The molecule has 1 atom stereocenters. The quantitative estimate of drug-likeness (QED) is 0.493. The van der Waals surface area contributed by atoms with Crippen molar-refractivity contribution >= 4 is 39.8 Å². The van der Waals surface area contributed by atoms with Gasteiger partial charge in [0, 0.05) is 12.6 Å². The van der Waals surface area contributed by atoms with Gasteiger partial charge in [0.2, 0.25) is 0 Å². The van der Waals surface area contributed by atoms with Crippen LogP contribution >= 0.6 is 15.9 Å². The SMILES string of the molecule is CC(C)(C)OC(=O)NC(CCCCN1C(=O)C=C(Br)C1=O)C(=O)O. The number of aliphatic carboxylic acids is 1. The molecule has 0 bridgehead atoms. The lowest BCUT2D eigenvalue weighted by Gasteiger charge is -2.22. The van der Waals surface area contributed by atoms with Gasteiger partial charge in [-0.3, -0.25) is 14.5 Å². The number of imide groups is 1. The number of carboxylic acids is 1. The van der Waals surface area contributed by atoms with Gasteiger partial charge in [-0.25, -0.2) is 9.59 Å². The molecule has 1 aliphatic heterocycles. The fourth-order valence-corrected chi connectivity index (χ4v) is 2.42. The molecule has 9 heteroatoms. The maximum absolute atomic E-state index is 11.7. The zero-order chi connectivity index (χ0) is 18.5. The van der Waals surface area contributed by atoms with E-state index in [1.165, 1.54) is 6.08 Å². The van der Waals surface area contributed by atoms with E-state index in [9.17, 15) is 19.2 Å². The number of nitrogens with one attached hydrogen (secondary N) is 1. The summed E-state index contributed by atoms with van der Waals surface area (Å²) in [7, 11) is 0. The van der Waals surface area contributed by atoms with Gasteiger partial charge in [0.15, 0.2) is 0 Å². The minimum Gasteiger partial charge on any atom is -0.480 e. The van der Waals surface area contributed by atoms with Crippen molar-refractivity contribution in [2.75, 3.05) is 6.54 Å². The Kier molecular flexibility index (Phi) is 6.94. The fourth-order valence-electron chi connectivity index (χ4n) is 2.01. The van der Waals surface area contributed by atoms with Crippen LogP contribution in [0.15, 0.2) is 10.6 Å². The molecule has 2 N–H and O–H groups in total. The summed E-state index contributed by atoms with van der Waals surface area (Å²) < 4.78 is 5.23. The summed E-state index contributed by atoms with van der Waals surface area (Å²) in [4.78, 5) is 47.1. The summed E-state index contributed by atoms with van der Waals surface area (Å²) in [6.07, 6.45) is 1.42. The number of alkyl carbamates (subject to hydrolysis) is 1. The van der Waals surface area contributed by atoms with E-state index in [0.29, 0.717) is 12.8 Å². The summed E-state index contributed by atoms with van der Waals surface area (Å²) in [6, 6.07) is -1.09. The highest BCUT2D eigenvalue weighted by Gasteiger charge is 2.29. The number of rotatable bonds is 7. The van der Waals surface area contributed by atoms with E-state index in [4.69, 9.17) is 9.84 Å². The van der Waals surface area contributed by atoms with Crippen molar-refractivity contribution in [3.05, 3.63) is 10.6 Å². The van der Waals surface area contributed by atoms with Crippen molar-refractivity contribution in [2.45, 2.75) is 51.7 Å². The average molecular weight is 405 g/mol. The molecule has 0 aromatic rings. The molecular weight excluding hydrogens is 384 g/mol. The number of hydrogen-bond acceptors (Lipinski definition) is 5. The fraction of sp³-hybridized carbons (Fsp3) is 0.600. The third-order valence-electron chi connectivity index (χ3n) is 3.08. The highest BCUT2D eigenvalue weighted by atomic mass is 79.9. The Labute approximate surface area is 148 Å². The van der Waals surface area contributed by atoms with E-state index < -0.39 is 35.5 Å². The Bertz CT molecular complexity index is 567. The molecule has 0 aliphatic carbocycles. The van der Waals surface area contributed by atoms with Gasteiger partial charge < -0.3 is 15.2 Å². The number of carbonyl (C=O) groups is 4. The highest BCUT2D eigenvalue weighted by Crippen LogP contribution is 2.18. The summed E-state index contributed by atoms with van der Waals surface area (Å²) in [5.41, 5.74) is -0.718. The number of ether oxygens (including phenoxy) is 1. The number of unbranched alkanes of at least 4 members (excludes halogenated alkanes) is 1. The molecule has 3 amide bonds. The minimum absolute atomic E-state index is 0.166. The molecule has 1 unspecified atom stereocenters. The third kappa shape index (κ3) is 6.31. The first-order valence-electron chi connectivity index (χ1n) is 7.46. The van der Waals surface area contributed by atoms with Crippen LogP contribution in [0.4, 0.5) is 4.79 Å². The van der Waals surface area contributed by atoms with Crippen LogP contribution in [0.1, 0.15) is 40.0 Å². The second-order valence-corrected chi connectivity index (χ2v) is 7.17. The largest absolute Gasteiger partial charge is 0.480 e. The molecule has 0 aromatic carbocycles. The Morgan fingerprint density at radius 2 is 1.96 bits per heavy atom. The van der Waals surface area contributed by atoms with Crippen LogP contribution in [-0.2, 0) is 19.1 Å². The first kappa shape index (κ1) is 20.1. The summed E-state index contributed by atoms with van der Waals surface area (Å²) in [5.74, 6) is -1.96. The number of halogens is 1. The van der Waals surface area contributed by atoms with E-state index in [1.807, 2.05) is 0 Å². The van der Waals surface area contributed by atoms with Crippen LogP contribution in [0.2, 0.25) is 0 Å². The van der Waals surface area contributed by atoms with Gasteiger partial charge in [-0.2, -0.15) is 0 Å². The van der Waals surface area contributed by atoms with Crippen LogP contribution in [0, 0.1) is 0 Å². The maximum Gasteiger partial charge on any atom is 0.408 e. The summed E-state index contributed by atoms with van der Waals surface area (Å²) in [6.45, 7) is 5.23. The van der Waals surface area contributed by atoms with Crippen LogP contribution in [0.5, 0.6) is 0 Å². The molecule has 0 saturated heterocycles. The number of hydrogen-bond donors (Lipinski definition) is 2. The van der Waals surface area contributed by atoms with Crippen molar-refractivity contribution in [3.8, 4) is 0 Å². The Hall–Kier alpha value is -1.90. The zero-order valence-corrected chi connectivity index (χ0v) is 15.4. The van der Waals surface area contributed by atoms with Gasteiger partial charge in [-0.15, -0.1) is 0 Å². The number of nitrogens with zero attached hydrogens (tertiary/aromatic N) is 1. The van der Waals surface area contributed by atoms with Crippen LogP contribution in [0.25, 0.3) is 0 Å². The van der Waals surface area contributed by atoms with E-state index in [0.717, 1.165) is 4.90 Å². The summed E-state index contributed by atoms with van der Waals surface area (Å²) >= 11 is 3.00. The third-order valence-corrected chi connectivity index (χ3v) is 3.65. The van der Waals surface area contributed by atoms with Gasteiger partial charge in [0.05, 0.1) is 4.48 Å². The normalized spacial score (nSPS) is 16.0. The van der Waals surface area contributed by atoms with Crippen molar-refractivity contribution in [1.29, 1.82) is 0 Å². The van der Waals surface area contributed by atoms with Crippen molar-refractivity contribution < 1.29 is 29.0 Å². The van der Waals surface area contributed by atoms with Crippen LogP contribution < -0.4 is 5.32 Å². The second-order valence-electron chi connectivity index (χ2n) is 6.32. The molecule has 1 aliphatic rings. The number of carboxylic acid groups (broad SMARTS) is 1. The maximum atomic E-state index is 11.7. The lowest BCUT2D eigenvalue weighted by atomic mass is 10.1. The smallest absolute Gasteiger partial charge is 0.408 e. The molecule has 8 nitrogen and oxygen atoms in total. The molecule has 0 fully saturated rings. The molecule has 24 heavy (non-hydrogen) atoms. The average Bonchev–Trinajstić information content (AvgIpc) is 2.65. The van der Waals surface area contributed by atoms with Gasteiger partial charge in [-0.1, -0.05) is 0 Å². The molecular formula is C15H21BrN2O6. The standard InChI is InChI=1S/C15H21BrN2O6/c1-15(2,3)24-14(23)17-10(13(21)22)6-4-5-7-18-11(19)8-9(16)12(18)20/h8,10H,4-7H2,1-3H3,(H,17,23)(H,21,22). The molecule has 1 rings (SSSR count). The van der Waals surface area contributed by atoms with Gasteiger partial charge in [0.25, 0.3) is 11.8 Å². The lowest BCUT2D eigenvalue weighted by Crippen LogP contribution is -2.43. The van der Waals surface area contributed by atoms with E-state index in [2.05, 4.69) is 21.2 Å².